The lowest BCUT2D eigenvalue weighted by Gasteiger charge is -2.43. The van der Waals surface area contributed by atoms with Crippen molar-refractivity contribution in [1.29, 1.82) is 5.26 Å². The predicted molar refractivity (Wildman–Crippen MR) is 67.0 cm³/mol. The van der Waals surface area contributed by atoms with Crippen LogP contribution in [0, 0.1) is 34.8 Å². The van der Waals surface area contributed by atoms with Crippen molar-refractivity contribution in [1.82, 2.24) is 0 Å². The summed E-state index contributed by atoms with van der Waals surface area (Å²) in [5.74, 6) is -1.59. The molecular weight excluding hydrogens is 264 g/mol. The average molecular weight is 279 g/mol. The van der Waals surface area contributed by atoms with Gasteiger partial charge < -0.3 is 9.84 Å². The topological polar surface area (TPSA) is 53.2 Å². The van der Waals surface area contributed by atoms with Gasteiger partial charge in [0, 0.05) is 23.8 Å². The number of ether oxygens (including phenoxy) is 1. The lowest BCUT2D eigenvalue weighted by molar-refractivity contribution is -0.00550. The van der Waals surface area contributed by atoms with Gasteiger partial charge in [-0.25, -0.2) is 8.78 Å². The molecule has 0 radical (unpaired) electrons. The first kappa shape index (κ1) is 13.3. The smallest absolute Gasteiger partial charge is 0.165 e. The third kappa shape index (κ3) is 1.95. The molecule has 1 saturated carbocycles. The zero-order chi connectivity index (χ0) is 14.3. The molecule has 106 valence electrons. The minimum Gasteiger partial charge on any atom is -0.490 e. The highest BCUT2D eigenvalue weighted by Crippen LogP contribution is 2.49. The average Bonchev–Trinajstić information content (AvgIpc) is 2.45. The minimum atomic E-state index is -0.572. The van der Waals surface area contributed by atoms with E-state index in [9.17, 15) is 13.9 Å². The van der Waals surface area contributed by atoms with Crippen LogP contribution in [0.5, 0.6) is 5.75 Å². The molecule has 1 heterocycles. The number of rotatable bonds is 1. The second-order valence-corrected chi connectivity index (χ2v) is 5.52. The molecule has 1 unspecified atom stereocenters. The van der Waals surface area contributed by atoms with Crippen molar-refractivity contribution in [3.63, 3.8) is 0 Å². The van der Waals surface area contributed by atoms with Gasteiger partial charge in [0.25, 0.3) is 0 Å². The largest absolute Gasteiger partial charge is 0.490 e. The number of nitrogens with zero attached hydrogens (tertiary/aromatic N) is 1. The SMILES string of the molecule is N#CC[C@H]1[C@@H]2COc3c(F)ccc(F)c3C2CC[C@@H]1O. The van der Waals surface area contributed by atoms with Crippen molar-refractivity contribution < 1.29 is 18.6 Å². The van der Waals surface area contributed by atoms with E-state index in [0.717, 1.165) is 12.1 Å². The molecule has 1 fully saturated rings. The fourth-order valence-electron chi connectivity index (χ4n) is 3.57. The van der Waals surface area contributed by atoms with E-state index in [1.165, 1.54) is 0 Å². The Morgan fingerprint density at radius 2 is 2.05 bits per heavy atom. The maximum absolute atomic E-state index is 14.1. The van der Waals surface area contributed by atoms with Gasteiger partial charge in [-0.05, 0) is 30.9 Å². The highest BCUT2D eigenvalue weighted by molar-refractivity contribution is 5.41. The van der Waals surface area contributed by atoms with Crippen LogP contribution < -0.4 is 4.74 Å². The van der Waals surface area contributed by atoms with E-state index >= 15 is 0 Å². The number of aliphatic hydroxyl groups is 1. The highest BCUT2D eigenvalue weighted by Gasteiger charge is 2.44. The zero-order valence-electron chi connectivity index (χ0n) is 10.9. The second-order valence-electron chi connectivity index (χ2n) is 5.52. The molecule has 1 aliphatic heterocycles. The molecule has 4 atom stereocenters. The molecule has 2 aliphatic rings. The van der Waals surface area contributed by atoms with Crippen LogP contribution in [-0.4, -0.2) is 17.8 Å². The van der Waals surface area contributed by atoms with Crippen LogP contribution in [0.15, 0.2) is 12.1 Å². The number of hydrogen-bond acceptors (Lipinski definition) is 3. The van der Waals surface area contributed by atoms with Crippen LogP contribution in [-0.2, 0) is 0 Å². The lowest BCUT2D eigenvalue weighted by Crippen LogP contribution is -2.42. The molecule has 0 aromatic heterocycles. The van der Waals surface area contributed by atoms with Crippen LogP contribution in [0.4, 0.5) is 8.78 Å². The summed E-state index contributed by atoms with van der Waals surface area (Å²) in [5.41, 5.74) is 0.274. The highest BCUT2D eigenvalue weighted by atomic mass is 19.1. The van der Waals surface area contributed by atoms with Crippen molar-refractivity contribution in [3.8, 4) is 11.8 Å². The second kappa shape index (κ2) is 5.02. The third-order valence-corrected chi connectivity index (χ3v) is 4.55. The van der Waals surface area contributed by atoms with E-state index in [4.69, 9.17) is 10.00 Å². The summed E-state index contributed by atoms with van der Waals surface area (Å²) >= 11 is 0. The number of hydrogen-bond donors (Lipinski definition) is 1. The molecular formula is C15H15F2NO2. The normalized spacial score (nSPS) is 31.7. The number of benzene rings is 1. The summed E-state index contributed by atoms with van der Waals surface area (Å²) in [7, 11) is 0. The molecule has 5 heteroatoms. The van der Waals surface area contributed by atoms with Gasteiger partial charge in [0.15, 0.2) is 11.6 Å². The first-order valence-corrected chi connectivity index (χ1v) is 6.79. The quantitative estimate of drug-likeness (QED) is 0.860. The molecule has 3 rings (SSSR count). The van der Waals surface area contributed by atoms with Gasteiger partial charge in [0.05, 0.1) is 18.8 Å². The fraction of sp³-hybridized carbons (Fsp3) is 0.533. The Hall–Kier alpha value is -1.67. The lowest BCUT2D eigenvalue weighted by atomic mass is 9.66. The molecule has 1 N–H and O–H groups in total. The monoisotopic (exact) mass is 279 g/mol. The molecule has 3 nitrogen and oxygen atoms in total. The summed E-state index contributed by atoms with van der Waals surface area (Å²) < 4.78 is 33.2. The van der Waals surface area contributed by atoms with E-state index in [2.05, 4.69) is 6.07 Å². The number of fused-ring (bicyclic) bond motifs is 3. The molecule has 0 bridgehead atoms. The van der Waals surface area contributed by atoms with Crippen LogP contribution in [0.1, 0.15) is 30.7 Å². The summed E-state index contributed by atoms with van der Waals surface area (Å²) in [4.78, 5) is 0. The standard InChI is InChI=1S/C15H15F2NO2/c16-11-2-3-12(17)15-14(11)9-1-4-13(19)8(5-6-18)10(9)7-20-15/h2-3,8-10,13,19H,1,4-5,7H2/t8-,9?,10-,13-/m0/s1. The van der Waals surface area contributed by atoms with Gasteiger partial charge in [-0.3, -0.25) is 0 Å². The van der Waals surface area contributed by atoms with E-state index in [1.54, 1.807) is 0 Å². The Morgan fingerprint density at radius 1 is 1.30 bits per heavy atom. The molecule has 0 saturated heterocycles. The molecule has 1 aromatic carbocycles. The van der Waals surface area contributed by atoms with Crippen LogP contribution in [0.3, 0.4) is 0 Å². The Morgan fingerprint density at radius 3 is 2.80 bits per heavy atom. The van der Waals surface area contributed by atoms with Gasteiger partial charge in [-0.2, -0.15) is 5.26 Å². The Bertz CT molecular complexity index is 570. The fourth-order valence-corrected chi connectivity index (χ4v) is 3.57. The van der Waals surface area contributed by atoms with Gasteiger partial charge in [0.2, 0.25) is 0 Å². The van der Waals surface area contributed by atoms with Crippen molar-refractivity contribution >= 4 is 0 Å². The molecule has 1 aliphatic carbocycles. The maximum atomic E-state index is 14.1. The van der Waals surface area contributed by atoms with Gasteiger partial charge in [-0.15, -0.1) is 0 Å². The summed E-state index contributed by atoms with van der Waals surface area (Å²) in [6.45, 7) is 0.224. The van der Waals surface area contributed by atoms with Crippen LogP contribution >= 0.6 is 0 Å². The molecule has 20 heavy (non-hydrogen) atoms. The first-order chi connectivity index (χ1) is 9.63. The van der Waals surface area contributed by atoms with Crippen LogP contribution in [0.25, 0.3) is 0 Å². The molecule has 1 aromatic rings. The number of aliphatic hydroxyl groups excluding tert-OH is 1. The van der Waals surface area contributed by atoms with E-state index in [0.29, 0.717) is 12.8 Å². The van der Waals surface area contributed by atoms with Crippen molar-refractivity contribution in [2.24, 2.45) is 11.8 Å². The minimum absolute atomic E-state index is 0.00153. The van der Waals surface area contributed by atoms with E-state index < -0.39 is 17.7 Å². The first-order valence-electron chi connectivity index (χ1n) is 6.79. The Balaban J connectivity index is 2.02. The molecule has 0 spiro atoms. The summed E-state index contributed by atoms with van der Waals surface area (Å²) in [6.07, 6.45) is 0.725. The maximum Gasteiger partial charge on any atom is 0.165 e. The van der Waals surface area contributed by atoms with Gasteiger partial charge >= 0.3 is 0 Å². The van der Waals surface area contributed by atoms with E-state index in [1.807, 2.05) is 0 Å². The summed E-state index contributed by atoms with van der Waals surface area (Å²) in [6, 6.07) is 4.25. The van der Waals surface area contributed by atoms with Gasteiger partial charge in [-0.1, -0.05) is 0 Å². The number of halogens is 2. The van der Waals surface area contributed by atoms with E-state index in [-0.39, 0.29) is 42.1 Å². The third-order valence-electron chi connectivity index (χ3n) is 4.55. The Kier molecular flexibility index (Phi) is 3.35. The van der Waals surface area contributed by atoms with Crippen molar-refractivity contribution in [2.75, 3.05) is 6.61 Å². The number of nitriles is 1. The van der Waals surface area contributed by atoms with Gasteiger partial charge in [0.1, 0.15) is 5.82 Å². The van der Waals surface area contributed by atoms with Crippen molar-refractivity contribution in [3.05, 3.63) is 29.3 Å². The Labute approximate surface area is 115 Å². The van der Waals surface area contributed by atoms with Crippen molar-refractivity contribution in [2.45, 2.75) is 31.3 Å². The zero-order valence-corrected chi connectivity index (χ0v) is 10.9. The summed E-state index contributed by atoms with van der Waals surface area (Å²) in [5, 5.41) is 18.9. The predicted octanol–water partition coefficient (Wildman–Crippen LogP) is 2.74. The molecule has 0 amide bonds. The van der Waals surface area contributed by atoms with Crippen LogP contribution in [0.2, 0.25) is 0 Å².